The second-order valence-electron chi connectivity index (χ2n) is 4.58. The number of amides is 1. The third-order valence-corrected chi connectivity index (χ3v) is 2.92. The smallest absolute Gasteiger partial charge is 0.221 e. The van der Waals surface area contributed by atoms with E-state index in [0.29, 0.717) is 18.0 Å². The van der Waals surface area contributed by atoms with E-state index in [9.17, 15) is 9.18 Å². The highest BCUT2D eigenvalue weighted by Gasteiger charge is 2.05. The second-order valence-corrected chi connectivity index (χ2v) is 4.58. The van der Waals surface area contributed by atoms with Crippen LogP contribution in [0.25, 0.3) is 0 Å². The van der Waals surface area contributed by atoms with Gasteiger partial charge in [-0.05, 0) is 35.9 Å². The molecule has 0 saturated heterocycles. The molecule has 0 heterocycles. The van der Waals surface area contributed by atoms with Crippen molar-refractivity contribution in [2.24, 2.45) is 0 Å². The van der Waals surface area contributed by atoms with Crippen molar-refractivity contribution >= 4 is 17.3 Å². The maximum absolute atomic E-state index is 12.9. The number of anilines is 2. The van der Waals surface area contributed by atoms with Crippen LogP contribution in [0.2, 0.25) is 0 Å². The molecule has 0 radical (unpaired) electrons. The van der Waals surface area contributed by atoms with Crippen molar-refractivity contribution in [2.75, 3.05) is 17.7 Å². The van der Waals surface area contributed by atoms with Gasteiger partial charge in [0.05, 0.1) is 12.8 Å². The van der Waals surface area contributed by atoms with Crippen molar-refractivity contribution in [1.82, 2.24) is 0 Å². The van der Waals surface area contributed by atoms with Gasteiger partial charge in [0.1, 0.15) is 11.6 Å². The Kier molecular flexibility index (Phi) is 4.77. The maximum Gasteiger partial charge on any atom is 0.221 e. The average molecular weight is 288 g/mol. The first-order chi connectivity index (χ1) is 10.1. The van der Waals surface area contributed by atoms with Crippen LogP contribution in [0, 0.1) is 5.82 Å². The van der Waals surface area contributed by atoms with Crippen LogP contribution < -0.4 is 15.4 Å². The zero-order chi connectivity index (χ0) is 15.2. The maximum atomic E-state index is 12.9. The van der Waals surface area contributed by atoms with Gasteiger partial charge < -0.3 is 15.4 Å². The summed E-state index contributed by atoms with van der Waals surface area (Å²) in [6.07, 6.45) is 0. The van der Waals surface area contributed by atoms with Crippen LogP contribution in [-0.2, 0) is 11.3 Å². The number of hydrogen-bond acceptors (Lipinski definition) is 3. The third kappa shape index (κ3) is 4.21. The molecule has 0 aliphatic heterocycles. The average Bonchev–Trinajstić information content (AvgIpc) is 2.46. The van der Waals surface area contributed by atoms with Gasteiger partial charge in [0, 0.05) is 19.2 Å². The molecular formula is C16H17FN2O2. The quantitative estimate of drug-likeness (QED) is 0.886. The first-order valence-electron chi connectivity index (χ1n) is 6.52. The van der Waals surface area contributed by atoms with E-state index in [2.05, 4.69) is 10.6 Å². The molecule has 2 aromatic carbocycles. The fourth-order valence-electron chi connectivity index (χ4n) is 1.93. The molecule has 0 bridgehead atoms. The van der Waals surface area contributed by atoms with Gasteiger partial charge in [-0.2, -0.15) is 0 Å². The molecule has 2 rings (SSSR count). The zero-order valence-corrected chi connectivity index (χ0v) is 11.9. The van der Waals surface area contributed by atoms with Crippen molar-refractivity contribution in [3.05, 3.63) is 53.8 Å². The van der Waals surface area contributed by atoms with E-state index in [4.69, 9.17) is 4.74 Å². The van der Waals surface area contributed by atoms with Crippen LogP contribution in [-0.4, -0.2) is 13.0 Å². The summed E-state index contributed by atoms with van der Waals surface area (Å²) in [6, 6.07) is 11.6. The molecule has 1 amide bonds. The number of hydrogen-bond donors (Lipinski definition) is 2. The van der Waals surface area contributed by atoms with Crippen molar-refractivity contribution in [2.45, 2.75) is 13.5 Å². The molecule has 2 aromatic rings. The van der Waals surface area contributed by atoms with Gasteiger partial charge in [-0.3, -0.25) is 4.79 Å². The number of methoxy groups -OCH3 is 1. The number of halogens is 1. The van der Waals surface area contributed by atoms with E-state index in [1.165, 1.54) is 19.1 Å². The fourth-order valence-corrected chi connectivity index (χ4v) is 1.93. The number of benzene rings is 2. The molecule has 0 atom stereocenters. The zero-order valence-electron chi connectivity index (χ0n) is 11.9. The normalized spacial score (nSPS) is 10.0. The summed E-state index contributed by atoms with van der Waals surface area (Å²) in [5, 5.41) is 5.93. The van der Waals surface area contributed by atoms with Gasteiger partial charge in [-0.1, -0.05) is 12.1 Å². The molecule has 21 heavy (non-hydrogen) atoms. The van der Waals surface area contributed by atoms with E-state index in [0.717, 1.165) is 11.3 Å². The highest BCUT2D eigenvalue weighted by molar-refractivity contribution is 5.89. The van der Waals surface area contributed by atoms with Crippen LogP contribution in [0.15, 0.2) is 42.5 Å². The summed E-state index contributed by atoms with van der Waals surface area (Å²) in [7, 11) is 1.58. The third-order valence-electron chi connectivity index (χ3n) is 2.92. The molecule has 4 nitrogen and oxygen atoms in total. The van der Waals surface area contributed by atoms with E-state index >= 15 is 0 Å². The minimum Gasteiger partial charge on any atom is -0.495 e. The van der Waals surface area contributed by atoms with Crippen molar-refractivity contribution in [3.8, 4) is 5.75 Å². The van der Waals surface area contributed by atoms with Crippen molar-refractivity contribution in [1.29, 1.82) is 0 Å². The Morgan fingerprint density at radius 3 is 2.52 bits per heavy atom. The number of nitrogens with one attached hydrogen (secondary N) is 2. The monoisotopic (exact) mass is 288 g/mol. The number of carbonyl (C=O) groups is 1. The molecule has 0 fully saturated rings. The lowest BCUT2D eigenvalue weighted by atomic mass is 10.2. The summed E-state index contributed by atoms with van der Waals surface area (Å²) in [5.74, 6) is 0.278. The van der Waals surface area contributed by atoms with E-state index in [1.54, 1.807) is 37.4 Å². The van der Waals surface area contributed by atoms with Gasteiger partial charge in [0.2, 0.25) is 5.91 Å². The molecule has 0 aliphatic carbocycles. The number of ether oxygens (including phenoxy) is 1. The van der Waals surface area contributed by atoms with Gasteiger partial charge in [-0.15, -0.1) is 0 Å². The summed E-state index contributed by atoms with van der Waals surface area (Å²) in [4.78, 5) is 11.1. The molecule has 0 aromatic heterocycles. The Hall–Kier alpha value is -2.56. The SMILES string of the molecule is COc1ccc(NC(C)=O)cc1NCc1ccc(F)cc1. The summed E-state index contributed by atoms with van der Waals surface area (Å²) in [6.45, 7) is 1.98. The minimum atomic E-state index is -0.260. The standard InChI is InChI=1S/C16H17FN2O2/c1-11(20)19-14-7-8-16(21-2)15(9-14)18-10-12-3-5-13(17)6-4-12/h3-9,18H,10H2,1-2H3,(H,19,20). The Bertz CT molecular complexity index is 627. The lowest BCUT2D eigenvalue weighted by Gasteiger charge is -2.13. The van der Waals surface area contributed by atoms with E-state index in [-0.39, 0.29) is 11.7 Å². The second kappa shape index (κ2) is 6.74. The fraction of sp³-hybridized carbons (Fsp3) is 0.188. The Morgan fingerprint density at radius 2 is 1.90 bits per heavy atom. The molecule has 5 heteroatoms. The van der Waals surface area contributed by atoms with Crippen LogP contribution >= 0.6 is 0 Å². The summed E-state index contributed by atoms with van der Waals surface area (Å²) < 4.78 is 18.1. The topological polar surface area (TPSA) is 50.4 Å². The lowest BCUT2D eigenvalue weighted by molar-refractivity contribution is -0.114. The molecule has 110 valence electrons. The van der Waals surface area contributed by atoms with Gasteiger partial charge in [0.15, 0.2) is 0 Å². The van der Waals surface area contributed by atoms with Crippen LogP contribution in [0.4, 0.5) is 15.8 Å². The van der Waals surface area contributed by atoms with E-state index < -0.39 is 0 Å². The Morgan fingerprint density at radius 1 is 1.19 bits per heavy atom. The van der Waals surface area contributed by atoms with Crippen LogP contribution in [0.3, 0.4) is 0 Å². The summed E-state index contributed by atoms with van der Waals surface area (Å²) >= 11 is 0. The van der Waals surface area contributed by atoms with Crippen molar-refractivity contribution in [3.63, 3.8) is 0 Å². The minimum absolute atomic E-state index is 0.135. The summed E-state index contributed by atoms with van der Waals surface area (Å²) in [5.41, 5.74) is 2.39. The number of rotatable bonds is 5. The molecule has 0 spiro atoms. The molecule has 0 saturated carbocycles. The van der Waals surface area contributed by atoms with Crippen molar-refractivity contribution < 1.29 is 13.9 Å². The molecule has 0 unspecified atom stereocenters. The first-order valence-corrected chi connectivity index (χ1v) is 6.52. The first kappa shape index (κ1) is 14.8. The lowest BCUT2D eigenvalue weighted by Crippen LogP contribution is -2.07. The highest BCUT2D eigenvalue weighted by Crippen LogP contribution is 2.28. The molecule has 2 N–H and O–H groups in total. The largest absolute Gasteiger partial charge is 0.495 e. The molecule has 0 aliphatic rings. The number of carbonyl (C=O) groups excluding carboxylic acids is 1. The molecular weight excluding hydrogens is 271 g/mol. The predicted octanol–water partition coefficient (Wildman–Crippen LogP) is 3.40. The Labute approximate surface area is 122 Å². The Balaban J connectivity index is 2.13. The van der Waals surface area contributed by atoms with Gasteiger partial charge in [0.25, 0.3) is 0 Å². The van der Waals surface area contributed by atoms with Crippen LogP contribution in [0.5, 0.6) is 5.75 Å². The van der Waals surface area contributed by atoms with Crippen LogP contribution in [0.1, 0.15) is 12.5 Å². The van der Waals surface area contributed by atoms with Gasteiger partial charge in [-0.25, -0.2) is 4.39 Å². The predicted molar refractivity (Wildman–Crippen MR) is 81.0 cm³/mol. The van der Waals surface area contributed by atoms with Gasteiger partial charge >= 0.3 is 0 Å². The highest BCUT2D eigenvalue weighted by atomic mass is 19.1. The van der Waals surface area contributed by atoms with E-state index in [1.807, 2.05) is 0 Å².